The minimum atomic E-state index is 0.670. The predicted molar refractivity (Wildman–Crippen MR) is 83.8 cm³/mol. The summed E-state index contributed by atoms with van der Waals surface area (Å²) in [6, 6.07) is 8.55. The molecule has 0 atom stereocenters. The number of nitrogens with one attached hydrogen (secondary N) is 1. The van der Waals surface area contributed by atoms with Crippen LogP contribution in [0.4, 0.5) is 0 Å². The van der Waals surface area contributed by atoms with Crippen molar-refractivity contribution in [1.82, 2.24) is 14.9 Å². The van der Waals surface area contributed by atoms with Crippen molar-refractivity contribution in [2.24, 2.45) is 5.92 Å². The van der Waals surface area contributed by atoms with Crippen LogP contribution in [0.3, 0.4) is 0 Å². The van der Waals surface area contributed by atoms with E-state index in [0.29, 0.717) is 5.92 Å². The van der Waals surface area contributed by atoms with Crippen molar-refractivity contribution in [2.75, 3.05) is 6.54 Å². The molecule has 1 aromatic carbocycles. The van der Waals surface area contributed by atoms with Crippen LogP contribution in [0.5, 0.6) is 0 Å². The molecule has 1 N–H and O–H groups in total. The van der Waals surface area contributed by atoms with Crippen LogP contribution in [-0.2, 0) is 13.1 Å². The van der Waals surface area contributed by atoms with Crippen LogP contribution in [-0.4, -0.2) is 16.1 Å². The van der Waals surface area contributed by atoms with Crippen LogP contribution < -0.4 is 5.32 Å². The Hall–Kier alpha value is -1.61. The van der Waals surface area contributed by atoms with Crippen molar-refractivity contribution in [3.05, 3.63) is 53.1 Å². The summed E-state index contributed by atoms with van der Waals surface area (Å²) in [5.74, 6) is 1.75. The van der Waals surface area contributed by atoms with E-state index in [1.54, 1.807) is 0 Å². The number of rotatable bonds is 6. The fraction of sp³-hybridized carbons (Fsp3) is 0.471. The Balaban J connectivity index is 2.11. The third-order valence-electron chi connectivity index (χ3n) is 3.59. The van der Waals surface area contributed by atoms with E-state index in [2.05, 4.69) is 66.8 Å². The number of nitrogens with zero attached hydrogens (tertiary/aromatic N) is 2. The van der Waals surface area contributed by atoms with Gasteiger partial charge in [0.25, 0.3) is 0 Å². The molecule has 20 heavy (non-hydrogen) atoms. The first-order chi connectivity index (χ1) is 9.58. The Morgan fingerprint density at radius 3 is 2.65 bits per heavy atom. The molecule has 108 valence electrons. The highest BCUT2D eigenvalue weighted by molar-refractivity contribution is 5.26. The normalized spacial score (nSPS) is 11.2. The highest BCUT2D eigenvalue weighted by Gasteiger charge is 2.08. The zero-order chi connectivity index (χ0) is 14.5. The molecule has 1 aromatic heterocycles. The third-order valence-corrected chi connectivity index (χ3v) is 3.59. The van der Waals surface area contributed by atoms with Crippen LogP contribution >= 0.6 is 0 Å². The molecule has 0 unspecified atom stereocenters. The average Bonchev–Trinajstić information content (AvgIpc) is 2.74. The smallest absolute Gasteiger partial charge is 0.106 e. The molecule has 3 heteroatoms. The van der Waals surface area contributed by atoms with Gasteiger partial charge in [0.05, 0.1) is 5.69 Å². The molecule has 0 saturated carbocycles. The van der Waals surface area contributed by atoms with Gasteiger partial charge in [0, 0.05) is 19.3 Å². The first kappa shape index (κ1) is 14.8. The quantitative estimate of drug-likeness (QED) is 0.873. The van der Waals surface area contributed by atoms with Crippen LogP contribution in [0, 0.1) is 19.8 Å². The van der Waals surface area contributed by atoms with Crippen molar-refractivity contribution in [3.8, 4) is 0 Å². The van der Waals surface area contributed by atoms with Crippen molar-refractivity contribution >= 4 is 0 Å². The Labute approximate surface area is 122 Å². The summed E-state index contributed by atoms with van der Waals surface area (Å²) in [6.07, 6.45) is 1.99. The maximum absolute atomic E-state index is 4.46. The lowest BCUT2D eigenvalue weighted by Crippen LogP contribution is -2.21. The van der Waals surface area contributed by atoms with Gasteiger partial charge in [-0.25, -0.2) is 4.98 Å². The summed E-state index contributed by atoms with van der Waals surface area (Å²) < 4.78 is 2.30. The molecule has 0 bridgehead atoms. The second-order valence-corrected chi connectivity index (χ2v) is 5.83. The Bertz CT molecular complexity index is 555. The lowest BCUT2D eigenvalue weighted by atomic mass is 10.1. The summed E-state index contributed by atoms with van der Waals surface area (Å²) in [4.78, 5) is 4.46. The first-order valence-electron chi connectivity index (χ1n) is 7.34. The van der Waals surface area contributed by atoms with Crippen LogP contribution in [0.15, 0.2) is 30.5 Å². The lowest BCUT2D eigenvalue weighted by molar-refractivity contribution is 0.537. The number of hydrogen-bond donors (Lipinski definition) is 1. The topological polar surface area (TPSA) is 29.9 Å². The Kier molecular flexibility index (Phi) is 4.96. The van der Waals surface area contributed by atoms with Crippen LogP contribution in [0.25, 0.3) is 0 Å². The maximum Gasteiger partial charge on any atom is 0.106 e. The lowest BCUT2D eigenvalue weighted by Gasteiger charge is -2.13. The minimum absolute atomic E-state index is 0.670. The van der Waals surface area contributed by atoms with Gasteiger partial charge < -0.3 is 9.88 Å². The van der Waals surface area contributed by atoms with E-state index in [-0.39, 0.29) is 0 Å². The van der Waals surface area contributed by atoms with E-state index in [9.17, 15) is 0 Å². The number of imidazole rings is 1. The van der Waals surface area contributed by atoms with Gasteiger partial charge in [-0.3, -0.25) is 0 Å². The predicted octanol–water partition coefficient (Wildman–Crippen LogP) is 3.29. The SMILES string of the molecule is Cc1ccccc1Cn1c(CNCC(C)C)cnc1C. The van der Waals surface area contributed by atoms with E-state index in [0.717, 1.165) is 25.5 Å². The summed E-state index contributed by atoms with van der Waals surface area (Å²) in [5.41, 5.74) is 3.95. The third kappa shape index (κ3) is 3.70. The molecule has 0 spiro atoms. The average molecular weight is 271 g/mol. The summed E-state index contributed by atoms with van der Waals surface area (Å²) in [6.45, 7) is 11.5. The van der Waals surface area contributed by atoms with Crippen molar-refractivity contribution in [2.45, 2.75) is 40.8 Å². The van der Waals surface area contributed by atoms with Gasteiger partial charge in [0.1, 0.15) is 5.82 Å². The molecule has 0 aliphatic heterocycles. The van der Waals surface area contributed by atoms with Gasteiger partial charge >= 0.3 is 0 Å². The molecule has 3 nitrogen and oxygen atoms in total. The van der Waals surface area contributed by atoms with Crippen molar-refractivity contribution < 1.29 is 0 Å². The highest BCUT2D eigenvalue weighted by Crippen LogP contribution is 2.13. The molecule has 2 aromatic rings. The second kappa shape index (κ2) is 6.71. The molecule has 2 rings (SSSR count). The van der Waals surface area contributed by atoms with Gasteiger partial charge in [-0.15, -0.1) is 0 Å². The monoisotopic (exact) mass is 271 g/mol. The van der Waals surface area contributed by atoms with E-state index in [4.69, 9.17) is 0 Å². The molecule has 0 aliphatic rings. The van der Waals surface area contributed by atoms with Crippen LogP contribution in [0.2, 0.25) is 0 Å². The minimum Gasteiger partial charge on any atom is -0.327 e. The number of benzene rings is 1. The van der Waals surface area contributed by atoms with Crippen LogP contribution in [0.1, 0.15) is 36.5 Å². The van der Waals surface area contributed by atoms with E-state index in [1.807, 2.05) is 6.20 Å². The second-order valence-electron chi connectivity index (χ2n) is 5.83. The number of aromatic nitrogens is 2. The molecular formula is C17H25N3. The molecule has 0 amide bonds. The van der Waals surface area contributed by atoms with E-state index in [1.165, 1.54) is 16.8 Å². The molecule has 0 fully saturated rings. The van der Waals surface area contributed by atoms with Gasteiger partial charge in [-0.2, -0.15) is 0 Å². The van der Waals surface area contributed by atoms with E-state index >= 15 is 0 Å². The molecule has 1 heterocycles. The fourth-order valence-electron chi connectivity index (χ4n) is 2.32. The summed E-state index contributed by atoms with van der Waals surface area (Å²) >= 11 is 0. The summed E-state index contributed by atoms with van der Waals surface area (Å²) in [7, 11) is 0. The highest BCUT2D eigenvalue weighted by atomic mass is 15.1. The Morgan fingerprint density at radius 2 is 1.95 bits per heavy atom. The van der Waals surface area contributed by atoms with Gasteiger partial charge in [-0.1, -0.05) is 38.1 Å². The fourth-order valence-corrected chi connectivity index (χ4v) is 2.32. The Morgan fingerprint density at radius 1 is 1.20 bits per heavy atom. The van der Waals surface area contributed by atoms with E-state index < -0.39 is 0 Å². The zero-order valence-corrected chi connectivity index (χ0v) is 13.0. The summed E-state index contributed by atoms with van der Waals surface area (Å²) in [5, 5.41) is 3.49. The number of hydrogen-bond acceptors (Lipinski definition) is 2. The number of aryl methyl sites for hydroxylation is 2. The van der Waals surface area contributed by atoms with Gasteiger partial charge in [0.2, 0.25) is 0 Å². The largest absolute Gasteiger partial charge is 0.327 e. The molecule has 0 aliphatic carbocycles. The maximum atomic E-state index is 4.46. The molecular weight excluding hydrogens is 246 g/mol. The molecule has 0 radical (unpaired) electrons. The van der Waals surface area contributed by atoms with Gasteiger partial charge in [-0.05, 0) is 37.4 Å². The molecule has 0 saturated heterocycles. The standard InChI is InChI=1S/C17H25N3/c1-13(2)9-18-10-17-11-19-15(4)20(17)12-16-8-6-5-7-14(16)3/h5-8,11,13,18H,9-10,12H2,1-4H3. The zero-order valence-electron chi connectivity index (χ0n) is 13.0. The van der Waals surface area contributed by atoms with Crippen molar-refractivity contribution in [3.63, 3.8) is 0 Å². The first-order valence-corrected chi connectivity index (χ1v) is 7.34. The van der Waals surface area contributed by atoms with Gasteiger partial charge in [0.15, 0.2) is 0 Å². The van der Waals surface area contributed by atoms with Crippen molar-refractivity contribution in [1.29, 1.82) is 0 Å².